The van der Waals surface area contributed by atoms with E-state index in [0.717, 1.165) is 40.8 Å². The molecule has 0 aliphatic heterocycles. The number of ether oxygens (including phenoxy) is 1. The lowest BCUT2D eigenvalue weighted by atomic mass is 10.3. The normalized spacial score (nSPS) is 11.5. The summed E-state index contributed by atoms with van der Waals surface area (Å²) in [6, 6.07) is 0. The molecule has 8 heteroatoms. The minimum atomic E-state index is 0.662. The molecule has 124 valence electrons. The number of aromatic nitrogens is 5. The van der Waals surface area contributed by atoms with Crippen molar-refractivity contribution in [1.82, 2.24) is 24.5 Å². The van der Waals surface area contributed by atoms with E-state index in [1.165, 1.54) is 5.56 Å². The highest BCUT2D eigenvalue weighted by Crippen LogP contribution is 2.31. The summed E-state index contributed by atoms with van der Waals surface area (Å²) in [5.41, 5.74) is 3.14. The van der Waals surface area contributed by atoms with Gasteiger partial charge in [0, 0.05) is 45.6 Å². The summed E-state index contributed by atoms with van der Waals surface area (Å²) in [5.74, 6) is 0. The molecule has 7 nitrogen and oxygen atoms in total. The summed E-state index contributed by atoms with van der Waals surface area (Å²) in [6.07, 6.45) is 4.00. The van der Waals surface area contributed by atoms with E-state index in [9.17, 15) is 0 Å². The van der Waals surface area contributed by atoms with Crippen molar-refractivity contribution in [2.45, 2.75) is 26.9 Å². The van der Waals surface area contributed by atoms with Crippen molar-refractivity contribution in [1.29, 1.82) is 0 Å². The van der Waals surface area contributed by atoms with Crippen LogP contribution >= 0.6 is 11.3 Å². The van der Waals surface area contributed by atoms with Crippen LogP contribution in [0.25, 0.3) is 10.3 Å². The van der Waals surface area contributed by atoms with Crippen LogP contribution in [0.4, 0.5) is 5.13 Å². The third-order valence-corrected chi connectivity index (χ3v) is 4.97. The Labute approximate surface area is 139 Å². The van der Waals surface area contributed by atoms with Gasteiger partial charge in [0.05, 0.1) is 23.2 Å². The Hall–Kier alpha value is -1.93. The van der Waals surface area contributed by atoms with Crippen LogP contribution < -0.4 is 4.90 Å². The zero-order valence-electron chi connectivity index (χ0n) is 14.0. The van der Waals surface area contributed by atoms with Crippen molar-refractivity contribution in [3.63, 3.8) is 0 Å². The molecular weight excluding hydrogens is 312 g/mol. The molecule has 3 heterocycles. The fraction of sp³-hybridized carbons (Fsp3) is 0.533. The lowest BCUT2D eigenvalue weighted by Gasteiger charge is -2.20. The molecule has 0 aromatic carbocycles. The van der Waals surface area contributed by atoms with E-state index in [1.807, 2.05) is 29.5 Å². The lowest BCUT2D eigenvalue weighted by Crippen LogP contribution is -2.26. The number of methoxy groups -OCH3 is 1. The van der Waals surface area contributed by atoms with Crippen LogP contribution in [0.2, 0.25) is 0 Å². The summed E-state index contributed by atoms with van der Waals surface area (Å²) in [7, 11) is 3.66. The summed E-state index contributed by atoms with van der Waals surface area (Å²) >= 11 is 1.68. The molecule has 0 atom stereocenters. The molecule has 0 aliphatic carbocycles. The number of aryl methyl sites for hydroxylation is 3. The lowest BCUT2D eigenvalue weighted by molar-refractivity contribution is 0.205. The molecule has 0 amide bonds. The average molecular weight is 334 g/mol. The highest BCUT2D eigenvalue weighted by molar-refractivity contribution is 7.22. The standard InChI is InChI=1S/C15H22N6OS/c1-5-21-10-12(8-16-21)9-20(6-7-22-4)15-17-14-13(23-15)11(2)18-19(14)3/h8,10H,5-7,9H2,1-4H3. The Morgan fingerprint density at radius 3 is 2.87 bits per heavy atom. The van der Waals surface area contributed by atoms with Gasteiger partial charge in [-0.1, -0.05) is 11.3 Å². The molecule has 0 saturated carbocycles. The van der Waals surface area contributed by atoms with E-state index in [2.05, 4.69) is 28.2 Å². The van der Waals surface area contributed by atoms with Gasteiger partial charge in [-0.2, -0.15) is 10.2 Å². The van der Waals surface area contributed by atoms with Crippen LogP contribution in [0.5, 0.6) is 0 Å². The minimum absolute atomic E-state index is 0.662. The van der Waals surface area contributed by atoms with E-state index in [1.54, 1.807) is 18.4 Å². The van der Waals surface area contributed by atoms with E-state index in [-0.39, 0.29) is 0 Å². The number of thiazole rings is 1. The van der Waals surface area contributed by atoms with E-state index in [4.69, 9.17) is 9.72 Å². The van der Waals surface area contributed by atoms with Crippen molar-refractivity contribution in [3.05, 3.63) is 23.7 Å². The SMILES string of the molecule is CCn1cc(CN(CCOC)c2nc3c(s2)c(C)nn3C)cn1. The van der Waals surface area contributed by atoms with E-state index >= 15 is 0 Å². The smallest absolute Gasteiger partial charge is 0.188 e. The van der Waals surface area contributed by atoms with Gasteiger partial charge in [0.25, 0.3) is 0 Å². The number of rotatable bonds is 7. The third kappa shape index (κ3) is 3.23. The van der Waals surface area contributed by atoms with Gasteiger partial charge in [0.2, 0.25) is 0 Å². The monoisotopic (exact) mass is 334 g/mol. The van der Waals surface area contributed by atoms with Gasteiger partial charge in [0.15, 0.2) is 10.8 Å². The highest BCUT2D eigenvalue weighted by Gasteiger charge is 2.17. The Kier molecular flexibility index (Phi) is 4.63. The van der Waals surface area contributed by atoms with Gasteiger partial charge in [0.1, 0.15) is 0 Å². The van der Waals surface area contributed by atoms with Gasteiger partial charge in [-0.25, -0.2) is 9.67 Å². The van der Waals surface area contributed by atoms with Gasteiger partial charge in [-0.05, 0) is 13.8 Å². The molecule has 0 saturated heterocycles. The quantitative estimate of drug-likeness (QED) is 0.663. The van der Waals surface area contributed by atoms with E-state index in [0.29, 0.717) is 6.61 Å². The predicted octanol–water partition coefficient (Wildman–Crippen LogP) is 2.21. The second-order valence-electron chi connectivity index (χ2n) is 5.48. The first-order chi connectivity index (χ1) is 11.1. The maximum absolute atomic E-state index is 5.26. The number of fused-ring (bicyclic) bond motifs is 1. The molecule has 0 radical (unpaired) electrons. The first-order valence-corrected chi connectivity index (χ1v) is 8.49. The van der Waals surface area contributed by atoms with Crippen LogP contribution in [-0.4, -0.2) is 44.8 Å². The average Bonchev–Trinajstić information content (AvgIpc) is 3.22. The first kappa shape index (κ1) is 15.9. The van der Waals surface area contributed by atoms with Crippen LogP contribution in [-0.2, 0) is 24.9 Å². The maximum atomic E-state index is 5.26. The van der Waals surface area contributed by atoms with Crippen LogP contribution in [0.3, 0.4) is 0 Å². The first-order valence-electron chi connectivity index (χ1n) is 7.67. The Morgan fingerprint density at radius 2 is 2.22 bits per heavy atom. The fourth-order valence-corrected chi connectivity index (χ4v) is 3.59. The molecular formula is C15H22N6OS. The molecule has 3 rings (SSSR count). The van der Waals surface area contributed by atoms with Crippen molar-refractivity contribution in [2.24, 2.45) is 7.05 Å². The largest absolute Gasteiger partial charge is 0.383 e. The predicted molar refractivity (Wildman–Crippen MR) is 92.0 cm³/mol. The maximum Gasteiger partial charge on any atom is 0.188 e. The Balaban J connectivity index is 1.88. The number of hydrogen-bond donors (Lipinski definition) is 0. The second kappa shape index (κ2) is 6.67. The van der Waals surface area contributed by atoms with Crippen molar-refractivity contribution >= 4 is 26.8 Å². The molecule has 0 N–H and O–H groups in total. The zero-order valence-corrected chi connectivity index (χ0v) is 14.8. The van der Waals surface area contributed by atoms with Gasteiger partial charge in [-0.3, -0.25) is 4.68 Å². The molecule has 3 aromatic rings. The Bertz CT molecular complexity index is 755. The summed E-state index contributed by atoms with van der Waals surface area (Å²) in [5, 5.41) is 9.77. The summed E-state index contributed by atoms with van der Waals surface area (Å²) < 4.78 is 10.2. The van der Waals surface area contributed by atoms with Crippen LogP contribution in [0, 0.1) is 6.92 Å². The van der Waals surface area contributed by atoms with Gasteiger partial charge < -0.3 is 9.64 Å². The zero-order chi connectivity index (χ0) is 16.4. The number of hydrogen-bond acceptors (Lipinski definition) is 6. The molecule has 0 aliphatic rings. The second-order valence-corrected chi connectivity index (χ2v) is 6.45. The molecule has 0 bridgehead atoms. The van der Waals surface area contributed by atoms with Crippen molar-refractivity contribution in [3.8, 4) is 0 Å². The molecule has 3 aromatic heterocycles. The van der Waals surface area contributed by atoms with Crippen molar-refractivity contribution in [2.75, 3.05) is 25.2 Å². The van der Waals surface area contributed by atoms with E-state index < -0.39 is 0 Å². The topological polar surface area (TPSA) is 61.0 Å². The van der Waals surface area contributed by atoms with Gasteiger partial charge in [-0.15, -0.1) is 0 Å². The number of anilines is 1. The van der Waals surface area contributed by atoms with Crippen LogP contribution in [0.15, 0.2) is 12.4 Å². The van der Waals surface area contributed by atoms with Crippen LogP contribution in [0.1, 0.15) is 18.2 Å². The summed E-state index contributed by atoms with van der Waals surface area (Å²) in [4.78, 5) is 7.01. The number of nitrogens with zero attached hydrogens (tertiary/aromatic N) is 6. The van der Waals surface area contributed by atoms with Crippen molar-refractivity contribution < 1.29 is 4.74 Å². The molecule has 23 heavy (non-hydrogen) atoms. The Morgan fingerprint density at radius 1 is 1.39 bits per heavy atom. The highest BCUT2D eigenvalue weighted by atomic mass is 32.1. The fourth-order valence-electron chi connectivity index (χ4n) is 2.53. The summed E-state index contributed by atoms with van der Waals surface area (Å²) in [6.45, 7) is 7.22. The molecule has 0 spiro atoms. The third-order valence-electron chi connectivity index (χ3n) is 3.75. The van der Waals surface area contributed by atoms with Gasteiger partial charge >= 0.3 is 0 Å². The minimum Gasteiger partial charge on any atom is -0.383 e. The molecule has 0 fully saturated rings. The molecule has 0 unspecified atom stereocenters.